The first-order chi connectivity index (χ1) is 10.0. The van der Waals surface area contributed by atoms with Crippen molar-refractivity contribution in [3.8, 4) is 5.69 Å². The lowest BCUT2D eigenvalue weighted by atomic mass is 10.0. The molecule has 1 unspecified atom stereocenters. The summed E-state index contributed by atoms with van der Waals surface area (Å²) < 4.78 is 2.50. The molecule has 112 valence electrons. The van der Waals surface area contributed by atoms with E-state index < -0.39 is 0 Å². The molecule has 2 rings (SSSR count). The van der Waals surface area contributed by atoms with E-state index >= 15 is 0 Å². The van der Waals surface area contributed by atoms with Crippen molar-refractivity contribution in [3.63, 3.8) is 0 Å². The number of carbonyl (C=O) groups is 1. The molecule has 0 aliphatic carbocycles. The normalized spacial score (nSPS) is 12.4. The van der Waals surface area contributed by atoms with Crippen LogP contribution >= 0.6 is 39.3 Å². The minimum Gasteiger partial charge on any atom is -0.299 e. The molecule has 0 saturated carbocycles. The summed E-state index contributed by atoms with van der Waals surface area (Å²) in [7, 11) is 0. The highest BCUT2D eigenvalue weighted by Crippen LogP contribution is 2.20. The number of thioether (sulfide) groups is 1. The van der Waals surface area contributed by atoms with E-state index in [4.69, 9.17) is 11.6 Å². The molecule has 0 radical (unpaired) electrons. The van der Waals surface area contributed by atoms with Crippen molar-refractivity contribution in [2.45, 2.75) is 13.3 Å². The summed E-state index contributed by atoms with van der Waals surface area (Å²) in [5.41, 5.74) is 1.54. The average Bonchev–Trinajstić information content (AvgIpc) is 2.80. The van der Waals surface area contributed by atoms with Gasteiger partial charge < -0.3 is 0 Å². The average molecular weight is 389 g/mol. The smallest absolute Gasteiger partial charge is 0.155 e. The predicted molar refractivity (Wildman–Crippen MR) is 90.3 cm³/mol. The van der Waals surface area contributed by atoms with Gasteiger partial charge in [0.25, 0.3) is 0 Å². The van der Waals surface area contributed by atoms with Gasteiger partial charge in [-0.15, -0.1) is 0 Å². The topological polar surface area (TPSA) is 47.8 Å². The van der Waals surface area contributed by atoms with Gasteiger partial charge in [-0.2, -0.15) is 16.9 Å². The van der Waals surface area contributed by atoms with Crippen LogP contribution in [0.4, 0.5) is 0 Å². The molecular formula is C14H15BrClN3OS. The highest BCUT2D eigenvalue weighted by Gasteiger charge is 2.17. The second-order valence-corrected chi connectivity index (χ2v) is 6.93. The standard InChI is InChI=1S/C14H15BrClN3OS/c1-9(8-21-2)13(20)3-10-7-19(18-14(10)16)12-4-11(15)5-17-6-12/h4-7,9H,3,8H2,1-2H3. The fourth-order valence-electron chi connectivity index (χ4n) is 1.87. The quantitative estimate of drug-likeness (QED) is 0.755. The zero-order chi connectivity index (χ0) is 15.4. The van der Waals surface area contributed by atoms with Crippen LogP contribution in [-0.2, 0) is 11.2 Å². The number of halogens is 2. The first kappa shape index (κ1) is 16.5. The van der Waals surface area contributed by atoms with E-state index in [0.29, 0.717) is 11.6 Å². The van der Waals surface area contributed by atoms with E-state index in [2.05, 4.69) is 26.0 Å². The molecule has 0 aromatic carbocycles. The minimum absolute atomic E-state index is 0.0203. The van der Waals surface area contributed by atoms with E-state index in [1.165, 1.54) is 0 Å². The summed E-state index contributed by atoms with van der Waals surface area (Å²) in [5.74, 6) is 1.02. The summed E-state index contributed by atoms with van der Waals surface area (Å²) in [6, 6.07) is 1.89. The van der Waals surface area contributed by atoms with Gasteiger partial charge in [0.2, 0.25) is 0 Å². The number of hydrogen-bond acceptors (Lipinski definition) is 4. The molecule has 0 aliphatic heterocycles. The monoisotopic (exact) mass is 387 g/mol. The Hall–Kier alpha value is -0.850. The zero-order valence-electron chi connectivity index (χ0n) is 11.7. The van der Waals surface area contributed by atoms with Gasteiger partial charge >= 0.3 is 0 Å². The van der Waals surface area contributed by atoms with Crippen molar-refractivity contribution in [3.05, 3.63) is 39.8 Å². The minimum atomic E-state index is 0.0203. The van der Waals surface area contributed by atoms with Crippen LogP contribution in [-0.4, -0.2) is 32.6 Å². The lowest BCUT2D eigenvalue weighted by molar-refractivity contribution is -0.121. The number of aromatic nitrogens is 3. The predicted octanol–water partition coefficient (Wildman–Crippen LogP) is 3.79. The van der Waals surface area contributed by atoms with Crippen LogP contribution < -0.4 is 0 Å². The van der Waals surface area contributed by atoms with Crippen molar-refractivity contribution >= 4 is 45.1 Å². The van der Waals surface area contributed by atoms with Crippen LogP contribution in [0.5, 0.6) is 0 Å². The van der Waals surface area contributed by atoms with Gasteiger partial charge in [-0.05, 0) is 28.3 Å². The van der Waals surface area contributed by atoms with Crippen molar-refractivity contribution in [1.29, 1.82) is 0 Å². The van der Waals surface area contributed by atoms with Gasteiger partial charge in [-0.3, -0.25) is 9.78 Å². The first-order valence-electron chi connectivity index (χ1n) is 6.38. The van der Waals surface area contributed by atoms with Gasteiger partial charge in [-0.1, -0.05) is 18.5 Å². The molecule has 0 bridgehead atoms. The van der Waals surface area contributed by atoms with Gasteiger partial charge in [0.05, 0.1) is 11.9 Å². The SMILES string of the molecule is CSCC(C)C(=O)Cc1cn(-c2cncc(Br)c2)nc1Cl. The molecule has 0 fully saturated rings. The van der Waals surface area contributed by atoms with Crippen LogP contribution in [0.15, 0.2) is 29.1 Å². The molecule has 0 amide bonds. The molecule has 0 N–H and O–H groups in total. The Morgan fingerprint density at radius 1 is 1.52 bits per heavy atom. The first-order valence-corrected chi connectivity index (χ1v) is 8.94. The lowest BCUT2D eigenvalue weighted by Gasteiger charge is -2.07. The summed E-state index contributed by atoms with van der Waals surface area (Å²) in [5, 5.41) is 4.61. The summed E-state index contributed by atoms with van der Waals surface area (Å²) in [6.07, 6.45) is 7.48. The van der Waals surface area contributed by atoms with Crippen molar-refractivity contribution in [1.82, 2.24) is 14.8 Å². The second-order valence-electron chi connectivity index (χ2n) is 4.75. The fourth-order valence-corrected chi connectivity index (χ4v) is 3.11. The third-order valence-electron chi connectivity index (χ3n) is 3.02. The summed E-state index contributed by atoms with van der Waals surface area (Å²) in [4.78, 5) is 16.2. The zero-order valence-corrected chi connectivity index (χ0v) is 14.9. The largest absolute Gasteiger partial charge is 0.299 e. The Labute approximate surface area is 141 Å². The van der Waals surface area contributed by atoms with Crippen LogP contribution in [0.2, 0.25) is 5.15 Å². The third kappa shape index (κ3) is 4.31. The Morgan fingerprint density at radius 3 is 2.95 bits per heavy atom. The molecule has 0 saturated heterocycles. The second kappa shape index (κ2) is 7.42. The van der Waals surface area contributed by atoms with E-state index in [1.807, 2.05) is 19.2 Å². The number of rotatable bonds is 6. The fraction of sp³-hybridized carbons (Fsp3) is 0.357. The Kier molecular flexibility index (Phi) is 5.84. The lowest BCUT2D eigenvalue weighted by Crippen LogP contribution is -2.15. The van der Waals surface area contributed by atoms with E-state index in [9.17, 15) is 4.79 Å². The summed E-state index contributed by atoms with van der Waals surface area (Å²) >= 11 is 11.2. The number of carbonyl (C=O) groups excluding carboxylic acids is 1. The van der Waals surface area contributed by atoms with Crippen molar-refractivity contribution < 1.29 is 4.79 Å². The Balaban J connectivity index is 2.18. The highest BCUT2D eigenvalue weighted by molar-refractivity contribution is 9.10. The number of Topliss-reactive ketones (excluding diaryl/α,β-unsaturated/α-hetero) is 1. The molecule has 2 aromatic heterocycles. The summed E-state index contributed by atoms with van der Waals surface area (Å²) in [6.45, 7) is 1.94. The molecule has 21 heavy (non-hydrogen) atoms. The molecule has 2 heterocycles. The molecule has 1 atom stereocenters. The van der Waals surface area contributed by atoms with Gasteiger partial charge in [0.1, 0.15) is 5.78 Å². The maximum absolute atomic E-state index is 12.1. The molecular weight excluding hydrogens is 374 g/mol. The van der Waals surface area contributed by atoms with Crippen molar-refractivity contribution in [2.75, 3.05) is 12.0 Å². The molecule has 0 aliphatic rings. The van der Waals surface area contributed by atoms with Crippen LogP contribution in [0, 0.1) is 5.92 Å². The van der Waals surface area contributed by atoms with Crippen LogP contribution in [0.1, 0.15) is 12.5 Å². The number of pyridine rings is 1. The Bertz CT molecular complexity index is 647. The van der Waals surface area contributed by atoms with Gasteiger partial charge in [-0.25, -0.2) is 4.68 Å². The highest BCUT2D eigenvalue weighted by atomic mass is 79.9. The number of ketones is 1. The van der Waals surface area contributed by atoms with E-state index in [0.717, 1.165) is 21.5 Å². The van der Waals surface area contributed by atoms with Crippen molar-refractivity contribution in [2.24, 2.45) is 5.92 Å². The maximum atomic E-state index is 12.1. The molecule has 7 heteroatoms. The maximum Gasteiger partial charge on any atom is 0.155 e. The van der Waals surface area contributed by atoms with E-state index in [-0.39, 0.29) is 11.7 Å². The number of hydrogen-bond donors (Lipinski definition) is 0. The Morgan fingerprint density at radius 2 is 2.29 bits per heavy atom. The number of nitrogens with zero attached hydrogens (tertiary/aromatic N) is 3. The molecule has 2 aromatic rings. The third-order valence-corrected chi connectivity index (χ3v) is 4.61. The molecule has 4 nitrogen and oxygen atoms in total. The molecule has 0 spiro atoms. The van der Waals surface area contributed by atoms with Crippen LogP contribution in [0.25, 0.3) is 5.69 Å². The van der Waals surface area contributed by atoms with Gasteiger partial charge in [0, 0.05) is 40.5 Å². The van der Waals surface area contributed by atoms with Gasteiger partial charge in [0.15, 0.2) is 5.15 Å². The van der Waals surface area contributed by atoms with E-state index in [1.54, 1.807) is 35.0 Å². The van der Waals surface area contributed by atoms with Crippen LogP contribution in [0.3, 0.4) is 0 Å².